The van der Waals surface area contributed by atoms with Crippen molar-refractivity contribution in [2.45, 2.75) is 13.0 Å². The molecular weight excluding hydrogens is 194 g/mol. The Hall–Kier alpha value is -1.43. The highest BCUT2D eigenvalue weighted by atomic mass is 19.3. The van der Waals surface area contributed by atoms with E-state index in [0.717, 1.165) is 6.20 Å². The Balaban J connectivity index is 3.33. The number of pyridine rings is 1. The lowest BCUT2D eigenvalue weighted by Gasteiger charge is -2.12. The molecule has 0 aliphatic carbocycles. The van der Waals surface area contributed by atoms with Crippen molar-refractivity contribution in [3.8, 4) is 5.75 Å². The summed E-state index contributed by atoms with van der Waals surface area (Å²) in [5.74, 6) is -0.150. The lowest BCUT2D eigenvalue weighted by atomic mass is 10.2. The van der Waals surface area contributed by atoms with E-state index in [1.807, 2.05) is 0 Å². The topological polar surface area (TPSA) is 68.4 Å². The van der Waals surface area contributed by atoms with Gasteiger partial charge in [-0.1, -0.05) is 0 Å². The number of aromatic nitrogens is 1. The second-order valence-electron chi connectivity index (χ2n) is 2.57. The normalized spacial score (nSPS) is 10.6. The van der Waals surface area contributed by atoms with Gasteiger partial charge in [-0.3, -0.25) is 0 Å². The first kappa shape index (κ1) is 10.6. The van der Waals surface area contributed by atoms with Gasteiger partial charge in [0.1, 0.15) is 5.69 Å². The number of ether oxygens (including phenoxy) is 1. The summed E-state index contributed by atoms with van der Waals surface area (Å²) in [6.45, 7) is -0.461. The Morgan fingerprint density at radius 1 is 1.64 bits per heavy atom. The minimum absolute atomic E-state index is 0.133. The quantitative estimate of drug-likeness (QED) is 0.773. The fraction of sp³-hybridized carbons (Fsp3) is 0.375. The van der Waals surface area contributed by atoms with Crippen molar-refractivity contribution in [3.05, 3.63) is 17.5 Å². The van der Waals surface area contributed by atoms with E-state index in [2.05, 4.69) is 4.98 Å². The van der Waals surface area contributed by atoms with Crippen LogP contribution in [-0.4, -0.2) is 17.2 Å². The van der Waals surface area contributed by atoms with Crippen LogP contribution in [-0.2, 0) is 6.61 Å². The summed E-state index contributed by atoms with van der Waals surface area (Å²) in [4.78, 5) is 3.45. The molecule has 0 aliphatic rings. The molecule has 1 rings (SSSR count). The van der Waals surface area contributed by atoms with E-state index in [1.165, 1.54) is 7.11 Å². The molecule has 14 heavy (non-hydrogen) atoms. The van der Waals surface area contributed by atoms with Gasteiger partial charge in [0.05, 0.1) is 25.6 Å². The molecule has 0 saturated heterocycles. The molecule has 0 saturated carbocycles. The van der Waals surface area contributed by atoms with Gasteiger partial charge in [-0.05, 0) is 0 Å². The number of anilines is 1. The predicted octanol–water partition coefficient (Wildman–Crippen LogP) is 1.10. The van der Waals surface area contributed by atoms with Gasteiger partial charge in [0.15, 0.2) is 5.75 Å². The number of nitrogens with two attached hydrogens (primary N) is 1. The lowest BCUT2D eigenvalue weighted by Crippen LogP contribution is -2.04. The molecule has 3 N–H and O–H groups in total. The Kier molecular flexibility index (Phi) is 3.19. The number of nitrogen functional groups attached to an aromatic ring is 1. The van der Waals surface area contributed by atoms with Gasteiger partial charge < -0.3 is 15.6 Å². The zero-order valence-electron chi connectivity index (χ0n) is 7.50. The van der Waals surface area contributed by atoms with Crippen LogP contribution in [0.4, 0.5) is 14.5 Å². The SMILES string of the molecule is COc1c(C(F)F)ncc(N)c1CO. The summed E-state index contributed by atoms with van der Waals surface area (Å²) in [6.07, 6.45) is -1.67. The number of aliphatic hydroxyl groups is 1. The van der Waals surface area contributed by atoms with Crippen LogP contribution >= 0.6 is 0 Å². The van der Waals surface area contributed by atoms with Crippen molar-refractivity contribution >= 4 is 5.69 Å². The van der Waals surface area contributed by atoms with E-state index in [1.54, 1.807) is 0 Å². The third-order valence-electron chi connectivity index (χ3n) is 1.77. The first-order valence-corrected chi connectivity index (χ1v) is 3.82. The molecule has 0 amide bonds. The van der Waals surface area contributed by atoms with Crippen LogP contribution in [0.2, 0.25) is 0 Å². The molecule has 1 aromatic rings. The van der Waals surface area contributed by atoms with Crippen LogP contribution < -0.4 is 10.5 Å². The second kappa shape index (κ2) is 4.19. The Bertz CT molecular complexity index is 331. The predicted molar refractivity (Wildman–Crippen MR) is 46.1 cm³/mol. The van der Waals surface area contributed by atoms with Crippen LogP contribution in [0.25, 0.3) is 0 Å². The largest absolute Gasteiger partial charge is 0.494 e. The maximum atomic E-state index is 12.4. The Morgan fingerprint density at radius 3 is 2.71 bits per heavy atom. The highest BCUT2D eigenvalue weighted by Gasteiger charge is 2.20. The summed E-state index contributed by atoms with van der Waals surface area (Å²) < 4.78 is 29.5. The molecule has 4 nitrogen and oxygen atoms in total. The summed E-state index contributed by atoms with van der Waals surface area (Å²) in [6, 6.07) is 0. The molecule has 0 aromatic carbocycles. The van der Waals surface area contributed by atoms with Crippen molar-refractivity contribution in [3.63, 3.8) is 0 Å². The molecule has 0 radical (unpaired) electrons. The third kappa shape index (κ3) is 1.74. The third-order valence-corrected chi connectivity index (χ3v) is 1.77. The maximum Gasteiger partial charge on any atom is 0.284 e. The molecule has 1 aromatic heterocycles. The number of aliphatic hydroxyl groups excluding tert-OH is 1. The van der Waals surface area contributed by atoms with Gasteiger partial charge in [0, 0.05) is 5.56 Å². The van der Waals surface area contributed by atoms with Crippen molar-refractivity contribution in [1.29, 1.82) is 0 Å². The molecule has 0 aliphatic heterocycles. The average molecular weight is 204 g/mol. The van der Waals surface area contributed by atoms with Gasteiger partial charge >= 0.3 is 0 Å². The summed E-state index contributed by atoms with van der Waals surface area (Å²) >= 11 is 0. The maximum absolute atomic E-state index is 12.4. The van der Waals surface area contributed by atoms with E-state index < -0.39 is 18.7 Å². The number of rotatable bonds is 3. The molecule has 78 valence electrons. The number of hydrogen-bond acceptors (Lipinski definition) is 4. The van der Waals surface area contributed by atoms with E-state index in [0.29, 0.717) is 0 Å². The number of alkyl halides is 2. The average Bonchev–Trinajstić information content (AvgIpc) is 2.16. The summed E-state index contributed by atoms with van der Waals surface area (Å²) in [5.41, 5.74) is 5.19. The van der Waals surface area contributed by atoms with Gasteiger partial charge in [0.25, 0.3) is 6.43 Å². The van der Waals surface area contributed by atoms with Crippen molar-refractivity contribution in [2.24, 2.45) is 0 Å². The van der Waals surface area contributed by atoms with Crippen LogP contribution in [0.1, 0.15) is 17.7 Å². The lowest BCUT2D eigenvalue weighted by molar-refractivity contribution is 0.140. The zero-order valence-corrected chi connectivity index (χ0v) is 7.50. The minimum Gasteiger partial charge on any atom is -0.494 e. The van der Waals surface area contributed by atoms with E-state index in [-0.39, 0.29) is 17.0 Å². The molecule has 0 bridgehead atoms. The highest BCUT2D eigenvalue weighted by Crippen LogP contribution is 2.32. The summed E-state index contributed by atoms with van der Waals surface area (Å²) in [7, 11) is 1.22. The molecular formula is C8H10F2N2O2. The van der Waals surface area contributed by atoms with Crippen molar-refractivity contribution in [1.82, 2.24) is 4.98 Å². The molecule has 0 unspecified atom stereocenters. The van der Waals surface area contributed by atoms with E-state index in [9.17, 15) is 8.78 Å². The highest BCUT2D eigenvalue weighted by molar-refractivity contribution is 5.54. The van der Waals surface area contributed by atoms with Crippen molar-refractivity contribution < 1.29 is 18.6 Å². The standard InChI is InChI=1S/C8H10F2N2O2/c1-14-7-4(3-13)5(11)2-12-6(7)8(9)10/h2,8,13H,3,11H2,1H3. The fourth-order valence-corrected chi connectivity index (χ4v) is 1.11. The second-order valence-corrected chi connectivity index (χ2v) is 2.57. The van der Waals surface area contributed by atoms with Gasteiger partial charge in [-0.2, -0.15) is 0 Å². The molecule has 1 heterocycles. The van der Waals surface area contributed by atoms with Crippen molar-refractivity contribution in [2.75, 3.05) is 12.8 Å². The fourth-order valence-electron chi connectivity index (χ4n) is 1.11. The Morgan fingerprint density at radius 2 is 2.29 bits per heavy atom. The van der Waals surface area contributed by atoms with Crippen LogP contribution in [0, 0.1) is 0 Å². The van der Waals surface area contributed by atoms with Crippen LogP contribution in [0.3, 0.4) is 0 Å². The number of hydrogen-bond donors (Lipinski definition) is 2. The molecule has 0 fully saturated rings. The van der Waals surface area contributed by atoms with Gasteiger partial charge in [-0.15, -0.1) is 0 Å². The van der Waals surface area contributed by atoms with Crippen LogP contribution in [0.5, 0.6) is 5.75 Å². The van der Waals surface area contributed by atoms with E-state index >= 15 is 0 Å². The van der Waals surface area contributed by atoms with Gasteiger partial charge in [0.2, 0.25) is 0 Å². The Labute approximate surface area is 79.3 Å². The molecule has 6 heteroatoms. The van der Waals surface area contributed by atoms with Crippen LogP contribution in [0.15, 0.2) is 6.20 Å². The number of methoxy groups -OCH3 is 1. The number of nitrogens with zero attached hydrogens (tertiary/aromatic N) is 1. The smallest absolute Gasteiger partial charge is 0.284 e. The number of halogens is 2. The zero-order chi connectivity index (χ0) is 10.7. The minimum atomic E-state index is -2.75. The van der Waals surface area contributed by atoms with Gasteiger partial charge in [-0.25, -0.2) is 13.8 Å². The summed E-state index contributed by atoms with van der Waals surface area (Å²) in [5, 5.41) is 8.90. The first-order valence-electron chi connectivity index (χ1n) is 3.82. The van der Waals surface area contributed by atoms with E-state index in [4.69, 9.17) is 15.6 Å². The monoisotopic (exact) mass is 204 g/mol. The molecule has 0 atom stereocenters. The molecule has 0 spiro atoms. The first-order chi connectivity index (χ1) is 6.61.